The minimum absolute atomic E-state index is 0.306. The average Bonchev–Trinajstić information content (AvgIpc) is 2.95. The van der Waals surface area contributed by atoms with Gasteiger partial charge in [0, 0.05) is 18.9 Å². The molecule has 0 radical (unpaired) electrons. The molecule has 4 rings (SSSR count). The Hall–Kier alpha value is -4.52. The second kappa shape index (κ2) is 11.9. The summed E-state index contributed by atoms with van der Waals surface area (Å²) in [6, 6.07) is 24.9. The first-order chi connectivity index (χ1) is 18.0. The lowest BCUT2D eigenvalue weighted by Gasteiger charge is -2.30. The fourth-order valence-corrected chi connectivity index (χ4v) is 4.25. The Labute approximate surface area is 216 Å². The smallest absolute Gasteiger partial charge is 0.336 e. The topological polar surface area (TPSA) is 74.3 Å². The van der Waals surface area contributed by atoms with Crippen LogP contribution in [0.3, 0.4) is 0 Å². The van der Waals surface area contributed by atoms with Crippen LogP contribution in [0, 0.1) is 0 Å². The van der Waals surface area contributed by atoms with Crippen molar-refractivity contribution in [2.75, 3.05) is 21.3 Å². The molecular formula is C30H29NO6. The number of carbonyl (C=O) groups excluding carboxylic acids is 2. The molecule has 0 atom stereocenters. The number of methoxy groups -OCH3 is 3. The van der Waals surface area contributed by atoms with Crippen LogP contribution < -0.4 is 9.47 Å². The second-order valence-electron chi connectivity index (χ2n) is 8.43. The third-order valence-electron chi connectivity index (χ3n) is 6.04. The highest BCUT2D eigenvalue weighted by molar-refractivity contribution is 5.98. The summed E-state index contributed by atoms with van der Waals surface area (Å²) >= 11 is 0. The monoisotopic (exact) mass is 499 g/mol. The van der Waals surface area contributed by atoms with Gasteiger partial charge in [-0.2, -0.15) is 0 Å². The van der Waals surface area contributed by atoms with Crippen molar-refractivity contribution in [3.8, 4) is 11.5 Å². The molecule has 0 N–H and O–H groups in total. The number of benzene rings is 3. The minimum atomic E-state index is -0.725. The predicted molar refractivity (Wildman–Crippen MR) is 139 cm³/mol. The molecular weight excluding hydrogens is 470 g/mol. The Morgan fingerprint density at radius 3 is 1.84 bits per heavy atom. The summed E-state index contributed by atoms with van der Waals surface area (Å²) in [6.45, 7) is 0.790. The number of ether oxygens (including phenoxy) is 4. The molecule has 0 saturated carbocycles. The summed E-state index contributed by atoms with van der Waals surface area (Å²) in [5.41, 5.74) is 3.29. The number of hydrogen-bond acceptors (Lipinski definition) is 7. The highest BCUT2D eigenvalue weighted by Gasteiger charge is 2.35. The zero-order valence-corrected chi connectivity index (χ0v) is 21.0. The summed E-state index contributed by atoms with van der Waals surface area (Å²) in [5.74, 6) is -0.783. The van der Waals surface area contributed by atoms with Gasteiger partial charge in [-0.1, -0.05) is 66.7 Å². The first kappa shape index (κ1) is 25.6. The summed E-state index contributed by atoms with van der Waals surface area (Å²) < 4.78 is 21.8. The third-order valence-corrected chi connectivity index (χ3v) is 6.04. The highest BCUT2D eigenvalue weighted by atomic mass is 16.5. The van der Waals surface area contributed by atoms with E-state index in [1.807, 2.05) is 60.7 Å². The molecule has 1 aliphatic heterocycles. The maximum Gasteiger partial charge on any atom is 0.336 e. The largest absolute Gasteiger partial charge is 0.493 e. The van der Waals surface area contributed by atoms with Crippen LogP contribution in [-0.4, -0.2) is 38.2 Å². The average molecular weight is 500 g/mol. The van der Waals surface area contributed by atoms with Gasteiger partial charge >= 0.3 is 11.9 Å². The Bertz CT molecular complexity index is 1270. The molecule has 37 heavy (non-hydrogen) atoms. The van der Waals surface area contributed by atoms with Crippen LogP contribution in [0.4, 0.5) is 0 Å². The van der Waals surface area contributed by atoms with Crippen LogP contribution in [0.25, 0.3) is 0 Å². The maximum atomic E-state index is 13.0. The van der Waals surface area contributed by atoms with Gasteiger partial charge in [0.1, 0.15) is 6.61 Å². The van der Waals surface area contributed by atoms with Gasteiger partial charge in [0.15, 0.2) is 11.5 Å². The normalized spacial score (nSPS) is 13.3. The van der Waals surface area contributed by atoms with Gasteiger partial charge in [-0.25, -0.2) is 9.59 Å². The first-order valence-electron chi connectivity index (χ1n) is 11.8. The fourth-order valence-electron chi connectivity index (χ4n) is 4.25. The van der Waals surface area contributed by atoms with Gasteiger partial charge in [0.2, 0.25) is 0 Å². The molecule has 3 aromatic carbocycles. The van der Waals surface area contributed by atoms with Crippen molar-refractivity contribution in [1.29, 1.82) is 0 Å². The van der Waals surface area contributed by atoms with Crippen LogP contribution >= 0.6 is 0 Å². The van der Waals surface area contributed by atoms with Crippen LogP contribution in [0.5, 0.6) is 11.5 Å². The molecule has 7 nitrogen and oxygen atoms in total. The van der Waals surface area contributed by atoms with E-state index in [-0.39, 0.29) is 0 Å². The number of esters is 2. The van der Waals surface area contributed by atoms with Crippen molar-refractivity contribution in [2.45, 2.75) is 19.1 Å². The van der Waals surface area contributed by atoms with E-state index in [2.05, 4.69) is 0 Å². The quantitative estimate of drug-likeness (QED) is 0.384. The molecule has 0 unspecified atom stereocenters. The molecule has 3 aromatic rings. The van der Waals surface area contributed by atoms with Gasteiger partial charge < -0.3 is 23.8 Å². The second-order valence-corrected chi connectivity index (χ2v) is 8.43. The van der Waals surface area contributed by atoms with E-state index in [0.29, 0.717) is 41.4 Å². The molecule has 1 aliphatic rings. The van der Waals surface area contributed by atoms with Gasteiger partial charge in [-0.15, -0.1) is 0 Å². The molecule has 7 heteroatoms. The Balaban J connectivity index is 1.74. The van der Waals surface area contributed by atoms with Crippen molar-refractivity contribution in [3.63, 3.8) is 0 Å². The van der Waals surface area contributed by atoms with Crippen LogP contribution in [-0.2, 0) is 32.2 Å². The van der Waals surface area contributed by atoms with E-state index in [1.165, 1.54) is 14.2 Å². The predicted octanol–water partition coefficient (Wildman–Crippen LogP) is 4.99. The summed E-state index contributed by atoms with van der Waals surface area (Å²) in [6.07, 6.45) is 3.43. The molecule has 0 spiro atoms. The van der Waals surface area contributed by atoms with E-state index >= 15 is 0 Å². The molecule has 1 heterocycles. The highest BCUT2D eigenvalue weighted by Crippen LogP contribution is 2.41. The standard InChI is InChI=1S/C30H29NO6/c1-34-26-15-14-23(16-27(26)37-20-22-12-8-5-9-13-22)28-24(29(32)35-2)18-31(19-25(28)30(33)36-3)17-21-10-6-4-7-11-21/h4-16,18-19,28H,17,20H2,1-3H3. The Morgan fingerprint density at radius 2 is 1.30 bits per heavy atom. The summed E-state index contributed by atoms with van der Waals surface area (Å²) in [7, 11) is 4.20. The van der Waals surface area contributed by atoms with Crippen LogP contribution in [0.1, 0.15) is 22.6 Å². The van der Waals surface area contributed by atoms with Crippen molar-refractivity contribution in [1.82, 2.24) is 4.90 Å². The minimum Gasteiger partial charge on any atom is -0.493 e. The molecule has 190 valence electrons. The van der Waals surface area contributed by atoms with E-state index in [9.17, 15) is 9.59 Å². The van der Waals surface area contributed by atoms with Crippen molar-refractivity contribution >= 4 is 11.9 Å². The zero-order chi connectivity index (χ0) is 26.2. The number of hydrogen-bond donors (Lipinski definition) is 0. The van der Waals surface area contributed by atoms with Crippen LogP contribution in [0.2, 0.25) is 0 Å². The number of carbonyl (C=O) groups is 2. The number of nitrogens with zero attached hydrogens (tertiary/aromatic N) is 1. The van der Waals surface area contributed by atoms with Gasteiger partial charge in [-0.05, 0) is 28.8 Å². The van der Waals surface area contributed by atoms with Crippen molar-refractivity contribution in [3.05, 3.63) is 119 Å². The SMILES string of the molecule is COC(=O)C1=CN(Cc2ccccc2)C=C(C(=O)OC)C1c1ccc(OC)c(OCc2ccccc2)c1. The summed E-state index contributed by atoms with van der Waals surface area (Å²) in [4.78, 5) is 27.7. The van der Waals surface area contributed by atoms with Crippen molar-refractivity contribution < 1.29 is 28.5 Å². The van der Waals surface area contributed by atoms with Crippen molar-refractivity contribution in [2.24, 2.45) is 0 Å². The van der Waals surface area contributed by atoms with Gasteiger partial charge in [0.05, 0.1) is 38.4 Å². The van der Waals surface area contributed by atoms with E-state index in [0.717, 1.165) is 11.1 Å². The first-order valence-corrected chi connectivity index (χ1v) is 11.8. The maximum absolute atomic E-state index is 13.0. The molecule has 0 aromatic heterocycles. The molecule has 0 amide bonds. The summed E-state index contributed by atoms with van der Waals surface area (Å²) in [5, 5.41) is 0. The Kier molecular flexibility index (Phi) is 8.26. The van der Waals surface area contributed by atoms with Crippen LogP contribution in [0.15, 0.2) is 102 Å². The fraction of sp³-hybridized carbons (Fsp3) is 0.200. The lowest BCUT2D eigenvalue weighted by atomic mass is 9.83. The van der Waals surface area contributed by atoms with E-state index in [1.54, 1.807) is 42.6 Å². The third kappa shape index (κ3) is 6.01. The zero-order valence-electron chi connectivity index (χ0n) is 21.0. The molecule has 0 aliphatic carbocycles. The lowest BCUT2D eigenvalue weighted by molar-refractivity contribution is -0.137. The van der Waals surface area contributed by atoms with E-state index < -0.39 is 17.9 Å². The molecule has 0 fully saturated rings. The molecule has 0 saturated heterocycles. The lowest BCUT2D eigenvalue weighted by Crippen LogP contribution is -2.28. The van der Waals surface area contributed by atoms with E-state index in [4.69, 9.17) is 18.9 Å². The number of rotatable bonds is 9. The van der Waals surface area contributed by atoms with Gasteiger partial charge in [0.25, 0.3) is 0 Å². The van der Waals surface area contributed by atoms with Gasteiger partial charge in [-0.3, -0.25) is 0 Å². The molecule has 0 bridgehead atoms. The Morgan fingerprint density at radius 1 is 0.730 bits per heavy atom.